The van der Waals surface area contributed by atoms with Gasteiger partial charge in [-0.15, -0.1) is 0 Å². The molecular weight excluding hydrogens is 84.0 g/mol. The van der Waals surface area contributed by atoms with Crippen molar-refractivity contribution in [2.75, 3.05) is 0 Å². The van der Waals surface area contributed by atoms with E-state index >= 15 is 0 Å². The highest BCUT2D eigenvalue weighted by Crippen LogP contribution is 1.73. The molecule has 0 aliphatic carbocycles. The molecule has 6 heavy (non-hydrogen) atoms. The van der Waals surface area contributed by atoms with Gasteiger partial charge in [0.1, 0.15) is 0 Å². The van der Waals surface area contributed by atoms with Crippen molar-refractivity contribution in [3.05, 3.63) is 0 Å². The Hall–Kier alpha value is -0.570. The van der Waals surface area contributed by atoms with Crippen molar-refractivity contribution in [2.45, 2.75) is 13.2 Å². The zero-order chi connectivity index (χ0) is 4.99. The Kier molecular flexibility index (Phi) is 2.40. The molecule has 36 valence electrons. The Morgan fingerprint density at radius 3 is 2.50 bits per heavy atom. The van der Waals surface area contributed by atoms with Crippen LogP contribution < -0.4 is 0 Å². The van der Waals surface area contributed by atoms with Crippen molar-refractivity contribution in [3.8, 4) is 0 Å². The molecule has 0 fully saturated rings. The van der Waals surface area contributed by atoms with Gasteiger partial charge in [0.15, 0.2) is 6.29 Å². The molecule has 0 amide bonds. The van der Waals surface area contributed by atoms with Gasteiger partial charge in [-0.2, -0.15) is 0 Å². The molecule has 1 N–H and O–H groups in total. The van der Waals surface area contributed by atoms with E-state index in [0.29, 0.717) is 0 Å². The second-order valence-electron chi connectivity index (χ2n) is 0.832. The third kappa shape index (κ3) is 3.43. The second kappa shape index (κ2) is 2.66. The average molecular weight is 90.1 g/mol. The van der Waals surface area contributed by atoms with Crippen LogP contribution in [0.2, 0.25) is 0 Å². The maximum Gasteiger partial charge on any atom is 0.295 e. The van der Waals surface area contributed by atoms with Gasteiger partial charge in [-0.25, -0.2) is 0 Å². The van der Waals surface area contributed by atoms with Crippen molar-refractivity contribution in [1.29, 1.82) is 0 Å². The largest absolute Gasteiger partial charge is 0.438 e. The summed E-state index contributed by atoms with van der Waals surface area (Å²) in [6.45, 7) is 1.55. The molecule has 0 aromatic heterocycles. The van der Waals surface area contributed by atoms with Gasteiger partial charge in [0.2, 0.25) is 0 Å². The summed E-state index contributed by atoms with van der Waals surface area (Å²) in [5.41, 5.74) is 0. The molecule has 1 atom stereocenters. The molecule has 0 rings (SSSR count). The van der Waals surface area contributed by atoms with Crippen molar-refractivity contribution in [1.82, 2.24) is 0 Å². The minimum Gasteiger partial charge on any atom is -0.438 e. The molecule has 1 unspecified atom stereocenters. The number of hydrogen-bond donors (Lipinski definition) is 1. The Bertz CT molecular complexity index is 41.3. The van der Waals surface area contributed by atoms with Gasteiger partial charge in [0.05, 0.1) is 0 Å². The van der Waals surface area contributed by atoms with Gasteiger partial charge >= 0.3 is 0 Å². The Morgan fingerprint density at radius 2 is 2.50 bits per heavy atom. The molecule has 0 saturated heterocycles. The molecule has 3 heteroatoms. The lowest BCUT2D eigenvalue weighted by Crippen LogP contribution is -2.02. The summed E-state index contributed by atoms with van der Waals surface area (Å²) in [5.74, 6) is 0. The van der Waals surface area contributed by atoms with Crippen LogP contribution in [0.15, 0.2) is 0 Å². The first kappa shape index (κ1) is 5.43. The first-order valence-electron chi connectivity index (χ1n) is 1.54. The van der Waals surface area contributed by atoms with Gasteiger partial charge in [0, 0.05) is 0 Å². The number of carbonyl (C=O) groups excluding carboxylic acids is 1. The molecule has 0 bridgehead atoms. The summed E-state index contributed by atoms with van der Waals surface area (Å²) in [6, 6.07) is 0. The summed E-state index contributed by atoms with van der Waals surface area (Å²) >= 11 is 0. The van der Waals surface area contributed by atoms with Crippen LogP contribution in [-0.2, 0) is 9.53 Å². The normalized spacial score (nSPS) is 13.0. The Morgan fingerprint density at radius 1 is 2.00 bits per heavy atom. The minimum absolute atomic E-state index is 0.199. The second-order valence-corrected chi connectivity index (χ2v) is 0.832. The van der Waals surface area contributed by atoms with E-state index in [1.165, 1.54) is 6.92 Å². The van der Waals surface area contributed by atoms with E-state index in [-0.39, 0.29) is 6.47 Å². The zero-order valence-electron chi connectivity index (χ0n) is 3.42. The van der Waals surface area contributed by atoms with E-state index in [2.05, 4.69) is 4.74 Å². The number of hydrogen-bond acceptors (Lipinski definition) is 3. The fraction of sp³-hybridized carbons (Fsp3) is 0.667. The molecule has 0 aromatic carbocycles. The maximum atomic E-state index is 9.23. The topological polar surface area (TPSA) is 46.5 Å². The monoisotopic (exact) mass is 90.0 g/mol. The predicted molar refractivity (Wildman–Crippen MR) is 18.8 cm³/mol. The molecule has 3 nitrogen and oxygen atoms in total. The van der Waals surface area contributed by atoms with E-state index < -0.39 is 6.29 Å². The van der Waals surface area contributed by atoms with Crippen LogP contribution in [0.4, 0.5) is 0 Å². The first-order chi connectivity index (χ1) is 2.77. The highest BCUT2D eigenvalue weighted by Gasteiger charge is 1.85. The van der Waals surface area contributed by atoms with Crippen LogP contribution in [-0.4, -0.2) is 17.9 Å². The van der Waals surface area contributed by atoms with Crippen molar-refractivity contribution in [3.63, 3.8) is 0 Å². The van der Waals surface area contributed by atoms with Gasteiger partial charge < -0.3 is 9.84 Å². The van der Waals surface area contributed by atoms with E-state index in [1.807, 2.05) is 0 Å². The lowest BCUT2D eigenvalue weighted by atomic mass is 10.8. The highest BCUT2D eigenvalue weighted by atomic mass is 16.6. The smallest absolute Gasteiger partial charge is 0.295 e. The molecule has 0 spiro atoms. The quantitative estimate of drug-likeness (QED) is 0.367. The van der Waals surface area contributed by atoms with Crippen LogP contribution in [0, 0.1) is 0 Å². The van der Waals surface area contributed by atoms with Crippen molar-refractivity contribution in [2.24, 2.45) is 0 Å². The molecule has 0 aliphatic rings. The van der Waals surface area contributed by atoms with Gasteiger partial charge in [-0.05, 0) is 6.92 Å². The van der Waals surface area contributed by atoms with Crippen molar-refractivity contribution < 1.29 is 14.6 Å². The van der Waals surface area contributed by atoms with Crippen LogP contribution in [0.3, 0.4) is 0 Å². The highest BCUT2D eigenvalue weighted by molar-refractivity contribution is 5.36. The first-order valence-corrected chi connectivity index (χ1v) is 1.54. The van der Waals surface area contributed by atoms with Gasteiger partial charge in [-0.1, -0.05) is 0 Å². The fourth-order valence-corrected chi connectivity index (χ4v) is 0.0804. The van der Waals surface area contributed by atoms with E-state index in [9.17, 15) is 4.79 Å². The van der Waals surface area contributed by atoms with Crippen molar-refractivity contribution >= 4 is 6.47 Å². The number of carbonyl (C=O) groups is 1. The number of aliphatic hydroxyl groups excluding tert-OH is 1. The summed E-state index contributed by atoms with van der Waals surface area (Å²) in [7, 11) is 0. The summed E-state index contributed by atoms with van der Waals surface area (Å²) in [6.07, 6.45) is -0.970. The number of rotatable bonds is 2. The molecule has 0 radical (unpaired) electrons. The third-order valence-electron chi connectivity index (χ3n) is 0.252. The predicted octanol–water partition coefficient (Wildman–Crippen LogP) is -0.502. The minimum atomic E-state index is -0.970. The third-order valence-corrected chi connectivity index (χ3v) is 0.252. The standard InChI is InChI=1S/C3H6O3/c1-3(5)6-2-4/h2-3,5H,1H3. The van der Waals surface area contributed by atoms with E-state index in [0.717, 1.165) is 0 Å². The van der Waals surface area contributed by atoms with Crippen LogP contribution in [0.5, 0.6) is 0 Å². The Balaban J connectivity index is 2.81. The summed E-state index contributed by atoms with van der Waals surface area (Å²) < 4.78 is 3.92. The summed E-state index contributed by atoms with van der Waals surface area (Å²) in [4.78, 5) is 9.23. The maximum absolute atomic E-state index is 9.23. The number of aliphatic hydroxyl groups is 1. The molecule has 0 aromatic rings. The van der Waals surface area contributed by atoms with E-state index in [1.54, 1.807) is 0 Å². The fourth-order valence-electron chi connectivity index (χ4n) is 0.0804. The van der Waals surface area contributed by atoms with Gasteiger partial charge in [0.25, 0.3) is 6.47 Å². The Labute approximate surface area is 35.5 Å². The SMILES string of the molecule is CC(O)OC=O. The van der Waals surface area contributed by atoms with Gasteiger partial charge in [-0.3, -0.25) is 4.79 Å². The van der Waals surface area contributed by atoms with E-state index in [4.69, 9.17) is 5.11 Å². The lowest BCUT2D eigenvalue weighted by Gasteiger charge is -1.95. The number of ether oxygens (including phenoxy) is 1. The average Bonchev–Trinajstić information content (AvgIpc) is 1.35. The van der Waals surface area contributed by atoms with Crippen LogP contribution in [0.1, 0.15) is 6.92 Å². The molecule has 0 saturated carbocycles. The molecule has 0 aliphatic heterocycles. The molecular formula is C3H6O3. The van der Waals surface area contributed by atoms with Crippen LogP contribution in [0.25, 0.3) is 0 Å². The molecule has 0 heterocycles. The summed E-state index contributed by atoms with van der Waals surface area (Å²) in [5, 5.41) is 8.10. The lowest BCUT2D eigenvalue weighted by molar-refractivity contribution is -0.148. The zero-order valence-corrected chi connectivity index (χ0v) is 3.42. The van der Waals surface area contributed by atoms with Crippen LogP contribution >= 0.6 is 0 Å².